The van der Waals surface area contributed by atoms with Gasteiger partial charge < -0.3 is 15.2 Å². The smallest absolute Gasteiger partial charge is 0.254 e. The van der Waals surface area contributed by atoms with Crippen LogP contribution in [0, 0.1) is 6.92 Å². The van der Waals surface area contributed by atoms with Gasteiger partial charge in [-0.1, -0.05) is 23.7 Å². The molecule has 2 rings (SSSR count). The lowest BCUT2D eigenvalue weighted by Crippen LogP contribution is -2.28. The largest absolute Gasteiger partial charge is 0.391 e. The zero-order valence-electron chi connectivity index (χ0n) is 13.1. The van der Waals surface area contributed by atoms with Crippen LogP contribution in [0.3, 0.4) is 0 Å². The van der Waals surface area contributed by atoms with Crippen LogP contribution in [0.5, 0.6) is 0 Å². The van der Waals surface area contributed by atoms with Gasteiger partial charge in [-0.25, -0.2) is 4.68 Å². The molecule has 0 saturated heterocycles. The lowest BCUT2D eigenvalue weighted by atomic mass is 10.2. The number of nitrogens with one attached hydrogen (secondary N) is 1. The molecule has 1 atom stereocenters. The summed E-state index contributed by atoms with van der Waals surface area (Å²) in [7, 11) is 1.52. The van der Waals surface area contributed by atoms with Crippen molar-refractivity contribution in [2.75, 3.05) is 20.3 Å². The van der Waals surface area contributed by atoms with E-state index < -0.39 is 6.10 Å². The van der Waals surface area contributed by atoms with E-state index in [1.165, 1.54) is 13.3 Å². The number of ether oxygens (including phenoxy) is 1. The van der Waals surface area contributed by atoms with Crippen LogP contribution in [-0.2, 0) is 4.74 Å². The highest BCUT2D eigenvalue weighted by Crippen LogP contribution is 2.21. The average Bonchev–Trinajstić information content (AvgIpc) is 2.89. The number of benzene rings is 1. The van der Waals surface area contributed by atoms with Gasteiger partial charge in [-0.15, -0.1) is 0 Å². The quantitative estimate of drug-likeness (QED) is 0.809. The number of rotatable bonds is 7. The summed E-state index contributed by atoms with van der Waals surface area (Å²) < 4.78 is 6.48. The average molecular weight is 338 g/mol. The van der Waals surface area contributed by atoms with Crippen LogP contribution >= 0.6 is 11.6 Å². The third-order valence-electron chi connectivity index (χ3n) is 3.46. The van der Waals surface area contributed by atoms with E-state index in [4.69, 9.17) is 16.3 Å². The van der Waals surface area contributed by atoms with Crippen molar-refractivity contribution >= 4 is 17.5 Å². The number of methoxy groups -OCH3 is 1. The van der Waals surface area contributed by atoms with Crippen molar-refractivity contribution in [3.63, 3.8) is 0 Å². The number of hydrogen-bond acceptors (Lipinski definition) is 4. The van der Waals surface area contributed by atoms with Crippen LogP contribution in [0.15, 0.2) is 30.5 Å². The summed E-state index contributed by atoms with van der Waals surface area (Å²) in [5.74, 6) is -0.231. The van der Waals surface area contributed by atoms with E-state index in [0.29, 0.717) is 29.2 Å². The Morgan fingerprint density at radius 3 is 2.91 bits per heavy atom. The molecule has 23 heavy (non-hydrogen) atoms. The first-order valence-corrected chi connectivity index (χ1v) is 7.67. The summed E-state index contributed by atoms with van der Waals surface area (Å²) in [5.41, 5.74) is 1.90. The normalized spacial score (nSPS) is 12.2. The number of para-hydroxylation sites is 1. The summed E-state index contributed by atoms with van der Waals surface area (Å²) >= 11 is 6.17. The van der Waals surface area contributed by atoms with E-state index in [2.05, 4.69) is 10.4 Å². The Kier molecular flexibility index (Phi) is 6.15. The molecule has 2 aromatic rings. The minimum absolute atomic E-state index is 0.231. The van der Waals surface area contributed by atoms with Gasteiger partial charge in [0.25, 0.3) is 5.91 Å². The molecule has 0 saturated carbocycles. The Bertz CT molecular complexity index is 672. The van der Waals surface area contributed by atoms with Crippen molar-refractivity contribution in [3.8, 4) is 5.69 Å². The Balaban J connectivity index is 2.04. The SMILES string of the molecule is COCC(O)CCNC(=O)c1cnn(-c2ccccc2Cl)c1C. The van der Waals surface area contributed by atoms with Crippen molar-refractivity contribution in [1.82, 2.24) is 15.1 Å². The monoisotopic (exact) mass is 337 g/mol. The van der Waals surface area contributed by atoms with Crippen LogP contribution in [0.2, 0.25) is 5.02 Å². The summed E-state index contributed by atoms with van der Waals surface area (Å²) in [4.78, 5) is 12.2. The number of carbonyl (C=O) groups excluding carboxylic acids is 1. The van der Waals surface area contributed by atoms with Crippen LogP contribution in [0.25, 0.3) is 5.69 Å². The molecular weight excluding hydrogens is 318 g/mol. The predicted molar refractivity (Wildman–Crippen MR) is 88.1 cm³/mol. The van der Waals surface area contributed by atoms with Gasteiger partial charge in [-0.3, -0.25) is 4.79 Å². The first-order valence-electron chi connectivity index (χ1n) is 7.29. The van der Waals surface area contributed by atoms with Crippen molar-refractivity contribution < 1.29 is 14.6 Å². The Hall–Kier alpha value is -1.89. The number of carbonyl (C=O) groups is 1. The Morgan fingerprint density at radius 2 is 2.22 bits per heavy atom. The molecule has 7 heteroatoms. The number of halogens is 1. The second kappa shape index (κ2) is 8.10. The first kappa shape index (κ1) is 17.5. The van der Waals surface area contributed by atoms with E-state index in [0.717, 1.165) is 5.69 Å². The van der Waals surface area contributed by atoms with Gasteiger partial charge in [0.05, 0.1) is 40.9 Å². The number of hydrogen-bond donors (Lipinski definition) is 2. The fourth-order valence-corrected chi connectivity index (χ4v) is 2.44. The maximum Gasteiger partial charge on any atom is 0.254 e. The second-order valence-corrected chi connectivity index (χ2v) is 5.57. The molecule has 0 aliphatic heterocycles. The van der Waals surface area contributed by atoms with E-state index in [-0.39, 0.29) is 12.5 Å². The van der Waals surface area contributed by atoms with Crippen LogP contribution < -0.4 is 5.32 Å². The number of aromatic nitrogens is 2. The standard InChI is InChI=1S/C16H20ClN3O3/c1-11-13(16(22)18-8-7-12(21)10-23-2)9-19-20(11)15-6-4-3-5-14(15)17/h3-6,9,12,21H,7-8,10H2,1-2H3,(H,18,22). The number of amides is 1. The zero-order valence-corrected chi connectivity index (χ0v) is 13.9. The number of nitrogens with zero attached hydrogens (tertiary/aromatic N) is 2. The lowest BCUT2D eigenvalue weighted by Gasteiger charge is -2.10. The van der Waals surface area contributed by atoms with Crippen molar-refractivity contribution in [2.45, 2.75) is 19.4 Å². The highest BCUT2D eigenvalue weighted by Gasteiger charge is 2.16. The van der Waals surface area contributed by atoms with Gasteiger partial charge in [0.1, 0.15) is 0 Å². The predicted octanol–water partition coefficient (Wildman–Crippen LogP) is 1.96. The highest BCUT2D eigenvalue weighted by atomic mass is 35.5. The van der Waals surface area contributed by atoms with Gasteiger partial charge >= 0.3 is 0 Å². The van der Waals surface area contributed by atoms with E-state index in [9.17, 15) is 9.90 Å². The molecule has 1 heterocycles. The Morgan fingerprint density at radius 1 is 1.48 bits per heavy atom. The van der Waals surface area contributed by atoms with Crippen LogP contribution in [0.1, 0.15) is 22.5 Å². The molecule has 0 radical (unpaired) electrons. The minimum atomic E-state index is -0.591. The summed E-state index contributed by atoms with van der Waals surface area (Å²) in [6, 6.07) is 7.31. The van der Waals surface area contributed by atoms with E-state index >= 15 is 0 Å². The molecule has 6 nitrogen and oxygen atoms in total. The summed E-state index contributed by atoms with van der Waals surface area (Å²) in [5, 5.41) is 17.1. The minimum Gasteiger partial charge on any atom is -0.391 e. The molecular formula is C16H20ClN3O3. The third-order valence-corrected chi connectivity index (χ3v) is 3.78. The van der Waals surface area contributed by atoms with Gasteiger partial charge in [0, 0.05) is 13.7 Å². The van der Waals surface area contributed by atoms with Crippen LogP contribution in [-0.4, -0.2) is 47.2 Å². The fourth-order valence-electron chi connectivity index (χ4n) is 2.22. The maximum atomic E-state index is 12.2. The zero-order chi connectivity index (χ0) is 16.8. The summed E-state index contributed by atoms with van der Waals surface area (Å²) in [6.07, 6.45) is 1.35. The van der Waals surface area contributed by atoms with E-state index in [1.54, 1.807) is 10.7 Å². The fraction of sp³-hybridized carbons (Fsp3) is 0.375. The molecule has 2 N–H and O–H groups in total. The maximum absolute atomic E-state index is 12.2. The highest BCUT2D eigenvalue weighted by molar-refractivity contribution is 6.32. The van der Waals surface area contributed by atoms with Crippen molar-refractivity contribution in [3.05, 3.63) is 46.7 Å². The Labute approximate surface area is 140 Å². The van der Waals surface area contributed by atoms with Gasteiger partial charge in [0.15, 0.2) is 0 Å². The second-order valence-electron chi connectivity index (χ2n) is 5.16. The molecule has 1 aromatic heterocycles. The third kappa shape index (κ3) is 4.31. The summed E-state index contributed by atoms with van der Waals surface area (Å²) in [6.45, 7) is 2.42. The number of aliphatic hydroxyl groups excluding tert-OH is 1. The molecule has 0 spiro atoms. The van der Waals surface area contributed by atoms with Crippen LogP contribution in [0.4, 0.5) is 0 Å². The molecule has 0 bridgehead atoms. The van der Waals surface area contributed by atoms with Crippen molar-refractivity contribution in [2.24, 2.45) is 0 Å². The molecule has 1 unspecified atom stereocenters. The first-order chi connectivity index (χ1) is 11.0. The van der Waals surface area contributed by atoms with Gasteiger partial charge in [-0.2, -0.15) is 5.10 Å². The molecule has 124 valence electrons. The molecule has 1 amide bonds. The lowest BCUT2D eigenvalue weighted by molar-refractivity contribution is 0.0587. The molecule has 0 aliphatic rings. The molecule has 0 fully saturated rings. The van der Waals surface area contributed by atoms with E-state index in [1.807, 2.05) is 25.1 Å². The van der Waals surface area contributed by atoms with Gasteiger partial charge in [-0.05, 0) is 25.5 Å². The van der Waals surface area contributed by atoms with Crippen molar-refractivity contribution in [1.29, 1.82) is 0 Å². The van der Waals surface area contributed by atoms with Gasteiger partial charge in [0.2, 0.25) is 0 Å². The topological polar surface area (TPSA) is 76.4 Å². The molecule has 0 aliphatic carbocycles. The molecule has 1 aromatic carbocycles. The number of aliphatic hydroxyl groups is 1.